The van der Waals surface area contributed by atoms with Crippen LogP contribution in [-0.2, 0) is 0 Å². The van der Waals surface area contributed by atoms with Crippen LogP contribution >= 0.6 is 48.0 Å². The number of carboxylic acid groups (broad SMARTS) is 1. The van der Waals surface area contributed by atoms with Crippen LogP contribution in [0.15, 0.2) is 28.0 Å². The summed E-state index contributed by atoms with van der Waals surface area (Å²) in [6.07, 6.45) is 0. The Morgan fingerprint density at radius 2 is 1.33 bits per heavy atom. The average molecular weight is 361 g/mol. The maximum atomic E-state index is 11.2. The van der Waals surface area contributed by atoms with Gasteiger partial charge in [0.2, 0.25) is 0 Å². The third-order valence-corrected chi connectivity index (χ3v) is 5.52. The van der Waals surface area contributed by atoms with E-state index in [4.69, 9.17) is 24.4 Å². The normalized spacial score (nSPS) is 10.1. The molecule has 1 rings (SSSR count). The van der Waals surface area contributed by atoms with Crippen molar-refractivity contribution in [2.75, 3.05) is 28.2 Å². The van der Waals surface area contributed by atoms with Gasteiger partial charge >= 0.3 is 5.97 Å². The first-order chi connectivity index (χ1) is 9.70. The van der Waals surface area contributed by atoms with E-state index in [1.54, 1.807) is 12.1 Å². The minimum absolute atomic E-state index is 0.227. The number of aromatic carboxylic acids is 1. The number of benzene rings is 1. The Balaban J connectivity index is 3.08. The molecule has 1 aromatic rings. The van der Waals surface area contributed by atoms with Crippen molar-refractivity contribution in [2.24, 2.45) is 0 Å². The standard InChI is InChI=1S/C13H16N2O2S4/c1-14(2)12(18)20-9-5-8(11(16)17)6-10(7-9)21-13(19)15(3)4/h5-7H,1-4H3,(H,16,17). The molecule has 0 radical (unpaired) electrons. The Kier molecular flexibility index (Phi) is 6.92. The summed E-state index contributed by atoms with van der Waals surface area (Å²) in [5.41, 5.74) is 0.227. The van der Waals surface area contributed by atoms with E-state index in [0.29, 0.717) is 8.64 Å². The summed E-state index contributed by atoms with van der Waals surface area (Å²) >= 11 is 13.2. The lowest BCUT2D eigenvalue weighted by Gasteiger charge is -2.15. The topological polar surface area (TPSA) is 43.8 Å². The molecule has 0 saturated carbocycles. The van der Waals surface area contributed by atoms with Gasteiger partial charge in [0, 0.05) is 38.0 Å². The van der Waals surface area contributed by atoms with E-state index in [-0.39, 0.29) is 5.56 Å². The molecule has 0 aliphatic heterocycles. The van der Waals surface area contributed by atoms with Crippen molar-refractivity contribution in [2.45, 2.75) is 9.79 Å². The first-order valence-electron chi connectivity index (χ1n) is 5.87. The van der Waals surface area contributed by atoms with Crippen molar-refractivity contribution < 1.29 is 9.90 Å². The van der Waals surface area contributed by atoms with Crippen molar-refractivity contribution in [1.82, 2.24) is 9.80 Å². The van der Waals surface area contributed by atoms with Gasteiger partial charge in [0.1, 0.15) is 8.64 Å². The summed E-state index contributed by atoms with van der Waals surface area (Å²) in [7, 11) is 7.42. The van der Waals surface area contributed by atoms with Crippen LogP contribution in [0.1, 0.15) is 10.4 Å². The predicted octanol–water partition coefficient (Wildman–Crippen LogP) is 3.26. The maximum absolute atomic E-state index is 11.2. The van der Waals surface area contributed by atoms with E-state index >= 15 is 0 Å². The molecule has 0 aliphatic rings. The largest absolute Gasteiger partial charge is 0.478 e. The van der Waals surface area contributed by atoms with Crippen molar-refractivity contribution in [3.63, 3.8) is 0 Å². The van der Waals surface area contributed by atoms with Crippen LogP contribution in [-0.4, -0.2) is 57.7 Å². The number of carboxylic acids is 1. The van der Waals surface area contributed by atoms with Crippen LogP contribution in [0.25, 0.3) is 0 Å². The zero-order chi connectivity index (χ0) is 16.2. The number of rotatable bonds is 3. The third kappa shape index (κ3) is 5.82. The van der Waals surface area contributed by atoms with Crippen LogP contribution < -0.4 is 0 Å². The Labute approximate surface area is 143 Å². The minimum atomic E-state index is -0.967. The zero-order valence-corrected chi connectivity index (χ0v) is 15.4. The van der Waals surface area contributed by atoms with Gasteiger partial charge in [0.15, 0.2) is 0 Å². The van der Waals surface area contributed by atoms with Gasteiger partial charge in [0.05, 0.1) is 5.56 Å². The van der Waals surface area contributed by atoms with Crippen molar-refractivity contribution in [3.05, 3.63) is 23.8 Å². The van der Waals surface area contributed by atoms with Gasteiger partial charge in [-0.2, -0.15) is 0 Å². The molecular weight excluding hydrogens is 344 g/mol. The van der Waals surface area contributed by atoms with E-state index in [1.165, 1.54) is 23.5 Å². The monoisotopic (exact) mass is 360 g/mol. The summed E-state index contributed by atoms with van der Waals surface area (Å²) in [6, 6.07) is 5.13. The minimum Gasteiger partial charge on any atom is -0.478 e. The molecule has 1 N–H and O–H groups in total. The maximum Gasteiger partial charge on any atom is 0.335 e. The van der Waals surface area contributed by atoms with Crippen molar-refractivity contribution >= 4 is 62.6 Å². The molecule has 4 nitrogen and oxygen atoms in total. The molecule has 0 fully saturated rings. The van der Waals surface area contributed by atoms with E-state index in [1.807, 2.05) is 44.1 Å². The lowest BCUT2D eigenvalue weighted by molar-refractivity contribution is 0.0696. The van der Waals surface area contributed by atoms with Gasteiger partial charge in [-0.1, -0.05) is 48.0 Å². The molecule has 0 saturated heterocycles. The van der Waals surface area contributed by atoms with Crippen LogP contribution in [0.2, 0.25) is 0 Å². The second-order valence-electron chi connectivity index (χ2n) is 4.52. The van der Waals surface area contributed by atoms with Crippen LogP contribution in [0.5, 0.6) is 0 Å². The Morgan fingerprint density at radius 3 is 1.62 bits per heavy atom. The number of hydrogen-bond donors (Lipinski definition) is 1. The van der Waals surface area contributed by atoms with Crippen LogP contribution in [0.4, 0.5) is 0 Å². The fourth-order valence-corrected chi connectivity index (χ4v) is 3.36. The van der Waals surface area contributed by atoms with Crippen LogP contribution in [0.3, 0.4) is 0 Å². The van der Waals surface area contributed by atoms with Gasteiger partial charge in [-0.3, -0.25) is 0 Å². The summed E-state index contributed by atoms with van der Waals surface area (Å²) in [5.74, 6) is -0.967. The summed E-state index contributed by atoms with van der Waals surface area (Å²) < 4.78 is 1.34. The van der Waals surface area contributed by atoms with E-state index < -0.39 is 5.97 Å². The average Bonchev–Trinajstić information content (AvgIpc) is 2.37. The molecule has 0 unspecified atom stereocenters. The zero-order valence-electron chi connectivity index (χ0n) is 12.1. The second kappa shape index (κ2) is 7.98. The first-order valence-corrected chi connectivity index (χ1v) is 8.32. The van der Waals surface area contributed by atoms with Crippen molar-refractivity contribution in [1.29, 1.82) is 0 Å². The van der Waals surface area contributed by atoms with E-state index in [9.17, 15) is 9.90 Å². The molecule has 0 heterocycles. The molecule has 114 valence electrons. The highest BCUT2D eigenvalue weighted by Crippen LogP contribution is 2.29. The molecule has 1 aromatic carbocycles. The van der Waals surface area contributed by atoms with Gasteiger partial charge in [-0.15, -0.1) is 0 Å². The van der Waals surface area contributed by atoms with Gasteiger partial charge in [-0.25, -0.2) is 4.79 Å². The molecule has 0 spiro atoms. The summed E-state index contributed by atoms with van der Waals surface area (Å²) in [6.45, 7) is 0. The van der Waals surface area contributed by atoms with Gasteiger partial charge in [0.25, 0.3) is 0 Å². The number of hydrogen-bond acceptors (Lipinski definition) is 5. The second-order valence-corrected chi connectivity index (χ2v) is 7.94. The molecule has 8 heteroatoms. The molecule has 0 amide bonds. The van der Waals surface area contributed by atoms with Crippen LogP contribution in [0, 0.1) is 0 Å². The molecule has 0 bridgehead atoms. The Morgan fingerprint density at radius 1 is 0.952 bits per heavy atom. The lowest BCUT2D eigenvalue weighted by Crippen LogP contribution is -2.16. The Bertz CT molecular complexity index is 533. The predicted molar refractivity (Wildman–Crippen MR) is 97.7 cm³/mol. The van der Waals surface area contributed by atoms with E-state index in [0.717, 1.165) is 9.79 Å². The SMILES string of the molecule is CN(C)C(=S)Sc1cc(SC(=S)N(C)C)cc(C(=O)O)c1. The van der Waals surface area contributed by atoms with Crippen molar-refractivity contribution in [3.8, 4) is 0 Å². The smallest absolute Gasteiger partial charge is 0.335 e. The lowest BCUT2D eigenvalue weighted by atomic mass is 10.2. The molecule has 0 aliphatic carbocycles. The molecular formula is C13H16N2O2S4. The number of thiocarbonyl (C=S) groups is 2. The fraction of sp³-hybridized carbons (Fsp3) is 0.308. The van der Waals surface area contributed by atoms with E-state index in [2.05, 4.69) is 0 Å². The molecule has 0 atom stereocenters. The highest BCUT2D eigenvalue weighted by atomic mass is 32.2. The molecule has 21 heavy (non-hydrogen) atoms. The first kappa shape index (κ1) is 18.2. The van der Waals surface area contributed by atoms with Gasteiger partial charge in [-0.05, 0) is 18.2 Å². The number of carbonyl (C=O) groups is 1. The number of nitrogens with zero attached hydrogens (tertiary/aromatic N) is 2. The highest BCUT2D eigenvalue weighted by molar-refractivity contribution is 8.23. The third-order valence-electron chi connectivity index (χ3n) is 2.27. The fourth-order valence-electron chi connectivity index (χ4n) is 1.20. The van der Waals surface area contributed by atoms with Gasteiger partial charge < -0.3 is 14.9 Å². The summed E-state index contributed by atoms with van der Waals surface area (Å²) in [4.78, 5) is 16.4. The highest BCUT2D eigenvalue weighted by Gasteiger charge is 2.12. The Hall–Kier alpha value is -0.830. The quantitative estimate of drug-likeness (QED) is 0.651. The summed E-state index contributed by atoms with van der Waals surface area (Å²) in [5, 5.41) is 9.22. The molecule has 0 aromatic heterocycles. The number of thioether (sulfide) groups is 2.